The van der Waals surface area contributed by atoms with Crippen molar-refractivity contribution in [2.45, 2.75) is 32.9 Å². The SMILES string of the molecule is CCNC(=NCc1ccc(N2CCCC2=O)cc1)NCc1ccc(C(=O)OC)cc1. The number of anilines is 1. The van der Waals surface area contributed by atoms with Gasteiger partial charge in [-0.15, -0.1) is 0 Å². The van der Waals surface area contributed by atoms with Gasteiger partial charge in [0.2, 0.25) is 5.91 Å². The number of nitrogens with zero attached hydrogens (tertiary/aromatic N) is 2. The zero-order valence-corrected chi connectivity index (χ0v) is 17.5. The maximum Gasteiger partial charge on any atom is 0.337 e. The van der Waals surface area contributed by atoms with Crippen LogP contribution in [-0.2, 0) is 22.6 Å². The standard InChI is InChI=1S/C23H28N4O3/c1-3-24-23(25-15-17-6-10-19(11-7-17)22(29)30-2)26-16-18-8-12-20(13-9-18)27-14-4-5-21(27)28/h6-13H,3-5,14-16H2,1-2H3,(H2,24,25,26). The summed E-state index contributed by atoms with van der Waals surface area (Å²) in [5.41, 5.74) is 3.59. The highest BCUT2D eigenvalue weighted by molar-refractivity contribution is 5.95. The van der Waals surface area contributed by atoms with Gasteiger partial charge in [0, 0.05) is 31.7 Å². The van der Waals surface area contributed by atoms with E-state index in [-0.39, 0.29) is 11.9 Å². The first-order chi connectivity index (χ1) is 14.6. The van der Waals surface area contributed by atoms with E-state index in [1.165, 1.54) is 7.11 Å². The number of methoxy groups -OCH3 is 1. The van der Waals surface area contributed by atoms with Gasteiger partial charge in [0.25, 0.3) is 0 Å². The van der Waals surface area contributed by atoms with Crippen LogP contribution in [0.1, 0.15) is 41.3 Å². The van der Waals surface area contributed by atoms with Crippen LogP contribution in [0.15, 0.2) is 53.5 Å². The molecule has 2 N–H and O–H groups in total. The summed E-state index contributed by atoms with van der Waals surface area (Å²) in [6.45, 7) is 4.69. The summed E-state index contributed by atoms with van der Waals surface area (Å²) in [6, 6.07) is 15.3. The third-order valence-electron chi connectivity index (χ3n) is 4.92. The molecule has 1 saturated heterocycles. The van der Waals surface area contributed by atoms with E-state index in [1.54, 1.807) is 12.1 Å². The molecule has 0 aliphatic carbocycles. The highest BCUT2D eigenvalue weighted by Crippen LogP contribution is 2.21. The zero-order chi connectivity index (χ0) is 21.3. The molecule has 0 unspecified atom stereocenters. The van der Waals surface area contributed by atoms with Gasteiger partial charge in [0.05, 0.1) is 19.2 Å². The number of guanidine groups is 1. The molecule has 0 spiro atoms. The smallest absolute Gasteiger partial charge is 0.337 e. The summed E-state index contributed by atoms with van der Waals surface area (Å²) in [4.78, 5) is 29.9. The van der Waals surface area contributed by atoms with E-state index in [1.807, 2.05) is 48.2 Å². The number of amides is 1. The third kappa shape index (κ3) is 5.59. The van der Waals surface area contributed by atoms with Crippen molar-refractivity contribution in [3.05, 3.63) is 65.2 Å². The topological polar surface area (TPSA) is 83.0 Å². The van der Waals surface area contributed by atoms with Crippen LogP contribution in [-0.4, -0.2) is 38.0 Å². The van der Waals surface area contributed by atoms with Gasteiger partial charge in [-0.3, -0.25) is 4.79 Å². The van der Waals surface area contributed by atoms with Gasteiger partial charge < -0.3 is 20.3 Å². The Morgan fingerprint density at radius 2 is 1.77 bits per heavy atom. The Bertz CT molecular complexity index is 892. The van der Waals surface area contributed by atoms with Crippen LogP contribution in [0.2, 0.25) is 0 Å². The Morgan fingerprint density at radius 1 is 1.07 bits per heavy atom. The lowest BCUT2D eigenvalue weighted by molar-refractivity contribution is -0.117. The molecule has 1 aliphatic rings. The first-order valence-electron chi connectivity index (χ1n) is 10.2. The minimum Gasteiger partial charge on any atom is -0.465 e. The van der Waals surface area contributed by atoms with E-state index in [0.717, 1.165) is 36.3 Å². The Kier molecular flexibility index (Phi) is 7.43. The second kappa shape index (κ2) is 10.4. The van der Waals surface area contributed by atoms with Crippen LogP contribution in [0.4, 0.5) is 5.69 Å². The monoisotopic (exact) mass is 408 g/mol. The number of benzene rings is 2. The molecule has 2 aromatic carbocycles. The fraction of sp³-hybridized carbons (Fsp3) is 0.348. The molecule has 1 amide bonds. The third-order valence-corrected chi connectivity index (χ3v) is 4.92. The lowest BCUT2D eigenvalue weighted by Crippen LogP contribution is -2.36. The number of carbonyl (C=O) groups excluding carboxylic acids is 2. The van der Waals surface area contributed by atoms with Crippen LogP contribution < -0.4 is 15.5 Å². The van der Waals surface area contributed by atoms with Crippen molar-refractivity contribution in [1.29, 1.82) is 0 Å². The summed E-state index contributed by atoms with van der Waals surface area (Å²) in [5.74, 6) is 0.567. The van der Waals surface area contributed by atoms with Crippen molar-refractivity contribution in [2.75, 3.05) is 25.1 Å². The quantitative estimate of drug-likeness (QED) is 0.418. The van der Waals surface area contributed by atoms with Crippen LogP contribution in [0.25, 0.3) is 0 Å². The average molecular weight is 409 g/mol. The molecule has 0 bridgehead atoms. The Balaban J connectivity index is 1.57. The van der Waals surface area contributed by atoms with E-state index < -0.39 is 0 Å². The highest BCUT2D eigenvalue weighted by atomic mass is 16.5. The lowest BCUT2D eigenvalue weighted by atomic mass is 10.1. The molecule has 3 rings (SSSR count). The number of aliphatic imine (C=N–C) groups is 1. The number of carbonyl (C=O) groups is 2. The van der Waals surface area contributed by atoms with Crippen LogP contribution in [0.5, 0.6) is 0 Å². The summed E-state index contributed by atoms with van der Waals surface area (Å²) in [7, 11) is 1.37. The second-order valence-electron chi connectivity index (χ2n) is 7.05. The van der Waals surface area contributed by atoms with Gasteiger partial charge >= 0.3 is 5.97 Å². The normalized spacial score (nSPS) is 14.0. The van der Waals surface area contributed by atoms with Gasteiger partial charge in [-0.1, -0.05) is 24.3 Å². The molecular formula is C23H28N4O3. The number of hydrogen-bond donors (Lipinski definition) is 2. The van der Waals surface area contributed by atoms with Crippen molar-refractivity contribution in [3.8, 4) is 0 Å². The molecule has 1 aliphatic heterocycles. The Morgan fingerprint density at radius 3 is 2.37 bits per heavy atom. The summed E-state index contributed by atoms with van der Waals surface area (Å²) >= 11 is 0. The molecule has 1 fully saturated rings. The van der Waals surface area contributed by atoms with Gasteiger partial charge in [0.1, 0.15) is 0 Å². The van der Waals surface area contributed by atoms with Crippen LogP contribution in [0, 0.1) is 0 Å². The maximum atomic E-state index is 11.9. The summed E-state index contributed by atoms with van der Waals surface area (Å²) in [5, 5.41) is 6.54. The molecule has 0 aromatic heterocycles. The van der Waals surface area contributed by atoms with Crippen LogP contribution in [0.3, 0.4) is 0 Å². The predicted octanol–water partition coefficient (Wildman–Crippen LogP) is 2.86. The number of ether oxygens (including phenoxy) is 1. The van der Waals surface area contributed by atoms with Crippen molar-refractivity contribution < 1.29 is 14.3 Å². The molecule has 0 saturated carbocycles. The zero-order valence-electron chi connectivity index (χ0n) is 17.5. The first kappa shape index (κ1) is 21.4. The molecule has 2 aromatic rings. The van der Waals surface area contributed by atoms with Crippen molar-refractivity contribution in [3.63, 3.8) is 0 Å². The van der Waals surface area contributed by atoms with E-state index in [4.69, 9.17) is 4.74 Å². The first-order valence-corrected chi connectivity index (χ1v) is 10.2. The predicted molar refractivity (Wildman–Crippen MR) is 117 cm³/mol. The molecule has 158 valence electrons. The van der Waals surface area contributed by atoms with Crippen molar-refractivity contribution >= 4 is 23.5 Å². The van der Waals surface area contributed by atoms with Crippen molar-refractivity contribution in [2.24, 2.45) is 4.99 Å². The van der Waals surface area contributed by atoms with Crippen molar-refractivity contribution in [1.82, 2.24) is 10.6 Å². The van der Waals surface area contributed by atoms with Gasteiger partial charge in [-0.25, -0.2) is 9.79 Å². The fourth-order valence-corrected chi connectivity index (χ4v) is 3.28. The molecule has 30 heavy (non-hydrogen) atoms. The lowest BCUT2D eigenvalue weighted by Gasteiger charge is -2.16. The van der Waals surface area contributed by atoms with Crippen LogP contribution >= 0.6 is 0 Å². The minimum atomic E-state index is -0.343. The fourth-order valence-electron chi connectivity index (χ4n) is 3.28. The highest BCUT2D eigenvalue weighted by Gasteiger charge is 2.21. The number of esters is 1. The molecular weight excluding hydrogens is 380 g/mol. The minimum absolute atomic E-state index is 0.194. The second-order valence-corrected chi connectivity index (χ2v) is 7.05. The van der Waals surface area contributed by atoms with E-state index in [2.05, 4.69) is 15.6 Å². The van der Waals surface area contributed by atoms with E-state index in [0.29, 0.717) is 31.0 Å². The molecule has 0 atom stereocenters. The van der Waals surface area contributed by atoms with Gasteiger partial charge in [-0.05, 0) is 48.7 Å². The molecule has 1 heterocycles. The van der Waals surface area contributed by atoms with E-state index in [9.17, 15) is 9.59 Å². The number of nitrogens with one attached hydrogen (secondary N) is 2. The average Bonchev–Trinajstić information content (AvgIpc) is 3.21. The van der Waals surface area contributed by atoms with Gasteiger partial charge in [0.15, 0.2) is 5.96 Å². The Labute approximate surface area is 177 Å². The number of hydrogen-bond acceptors (Lipinski definition) is 4. The maximum absolute atomic E-state index is 11.9. The summed E-state index contributed by atoms with van der Waals surface area (Å²) < 4.78 is 4.72. The number of rotatable bonds is 7. The molecule has 7 nitrogen and oxygen atoms in total. The van der Waals surface area contributed by atoms with E-state index >= 15 is 0 Å². The Hall–Kier alpha value is -3.35. The molecule has 7 heteroatoms. The largest absolute Gasteiger partial charge is 0.465 e. The molecule has 0 radical (unpaired) electrons. The summed E-state index contributed by atoms with van der Waals surface area (Å²) in [6.07, 6.45) is 1.56. The van der Waals surface area contributed by atoms with Gasteiger partial charge in [-0.2, -0.15) is 0 Å².